The Bertz CT molecular complexity index is 1040. The van der Waals surface area contributed by atoms with Gasteiger partial charge in [0.05, 0.1) is 16.3 Å². The highest BCUT2D eigenvalue weighted by Crippen LogP contribution is 2.33. The molecule has 0 atom stereocenters. The van der Waals surface area contributed by atoms with Gasteiger partial charge in [-0.1, -0.05) is 53.7 Å². The van der Waals surface area contributed by atoms with Crippen LogP contribution in [0.4, 0.5) is 18.0 Å². The Labute approximate surface area is 171 Å². The largest absolute Gasteiger partial charge is 0.417 e. The van der Waals surface area contributed by atoms with E-state index in [1.807, 2.05) is 30.3 Å². The second kappa shape index (κ2) is 8.70. The fraction of sp³-hybridized carbons (Fsp3) is 0.176. The molecule has 7 nitrogen and oxygen atoms in total. The lowest BCUT2D eigenvalue weighted by Crippen LogP contribution is -2.39. The second-order valence-electron chi connectivity index (χ2n) is 5.76. The third kappa shape index (κ3) is 5.39. The minimum Gasteiger partial charge on any atom is -0.334 e. The van der Waals surface area contributed by atoms with Gasteiger partial charge in [0.25, 0.3) is 0 Å². The van der Waals surface area contributed by atoms with E-state index in [4.69, 9.17) is 11.6 Å². The molecule has 0 unspecified atom stereocenters. The Balaban J connectivity index is 1.59. The number of alkyl halides is 3. The monoisotopic (exact) mass is 443 g/mol. The van der Waals surface area contributed by atoms with Gasteiger partial charge in [0.2, 0.25) is 5.91 Å². The number of aromatic nitrogens is 3. The van der Waals surface area contributed by atoms with Crippen LogP contribution in [0.15, 0.2) is 47.8 Å². The summed E-state index contributed by atoms with van der Waals surface area (Å²) < 4.78 is 39.9. The van der Waals surface area contributed by atoms with Crippen LogP contribution in [0.2, 0.25) is 5.02 Å². The molecule has 3 rings (SSSR count). The first-order chi connectivity index (χ1) is 13.7. The molecule has 0 spiro atoms. The second-order valence-corrected chi connectivity index (χ2v) is 7.11. The number of amides is 3. The van der Waals surface area contributed by atoms with Gasteiger partial charge in [-0.05, 0) is 11.6 Å². The fourth-order valence-electron chi connectivity index (χ4n) is 2.30. The van der Waals surface area contributed by atoms with E-state index < -0.39 is 23.7 Å². The molecule has 0 aliphatic heterocycles. The number of imide groups is 1. The van der Waals surface area contributed by atoms with Crippen molar-refractivity contribution in [3.8, 4) is 0 Å². The predicted octanol–water partition coefficient (Wildman–Crippen LogP) is 3.52. The third-order valence-corrected chi connectivity index (χ3v) is 4.86. The van der Waals surface area contributed by atoms with Crippen molar-refractivity contribution in [2.24, 2.45) is 0 Å². The van der Waals surface area contributed by atoms with Gasteiger partial charge >= 0.3 is 12.2 Å². The normalized spacial score (nSPS) is 11.4. The van der Waals surface area contributed by atoms with E-state index in [1.54, 1.807) is 0 Å². The standard InChI is InChI=1S/C17H13ClF3N5O2S/c18-12-6-11(17(19,20)21)8-26-14(12)24-25-16(26)29-9-13(27)23-15(28)22-7-10-4-2-1-3-5-10/h1-6,8H,7,9H2,(H2,22,23,27,28). The molecule has 2 heterocycles. The highest BCUT2D eigenvalue weighted by atomic mass is 35.5. The summed E-state index contributed by atoms with van der Waals surface area (Å²) in [6.07, 6.45) is -3.80. The van der Waals surface area contributed by atoms with Gasteiger partial charge in [0.1, 0.15) is 0 Å². The van der Waals surface area contributed by atoms with Crippen molar-refractivity contribution in [3.05, 3.63) is 58.7 Å². The number of carbonyl (C=O) groups is 2. The number of nitrogens with one attached hydrogen (secondary N) is 2. The number of fused-ring (bicyclic) bond motifs is 1. The molecule has 0 fully saturated rings. The number of hydrogen-bond acceptors (Lipinski definition) is 5. The van der Waals surface area contributed by atoms with Crippen molar-refractivity contribution in [2.45, 2.75) is 17.9 Å². The maximum atomic E-state index is 13.0. The summed E-state index contributed by atoms with van der Waals surface area (Å²) in [5.41, 5.74) is -0.0821. The lowest BCUT2D eigenvalue weighted by molar-refractivity contribution is -0.137. The number of carbonyl (C=O) groups excluding carboxylic acids is 2. The molecule has 152 valence electrons. The van der Waals surface area contributed by atoms with Crippen LogP contribution in [0.25, 0.3) is 5.65 Å². The van der Waals surface area contributed by atoms with Gasteiger partial charge in [0.15, 0.2) is 10.8 Å². The van der Waals surface area contributed by atoms with Crippen LogP contribution in [0.3, 0.4) is 0 Å². The van der Waals surface area contributed by atoms with E-state index in [0.717, 1.165) is 34.0 Å². The lowest BCUT2D eigenvalue weighted by Gasteiger charge is -2.09. The molecule has 0 saturated heterocycles. The van der Waals surface area contributed by atoms with Crippen molar-refractivity contribution in [2.75, 3.05) is 5.75 Å². The summed E-state index contributed by atoms with van der Waals surface area (Å²) in [5.74, 6) is -0.900. The smallest absolute Gasteiger partial charge is 0.334 e. The predicted molar refractivity (Wildman–Crippen MR) is 101 cm³/mol. The van der Waals surface area contributed by atoms with Crippen LogP contribution in [0.5, 0.6) is 0 Å². The molecule has 0 bridgehead atoms. The highest BCUT2D eigenvalue weighted by molar-refractivity contribution is 7.99. The van der Waals surface area contributed by atoms with E-state index in [1.165, 1.54) is 0 Å². The van der Waals surface area contributed by atoms with Gasteiger partial charge in [-0.15, -0.1) is 10.2 Å². The molecule has 12 heteroatoms. The Hall–Kier alpha value is -2.79. The molecule has 2 N–H and O–H groups in total. The van der Waals surface area contributed by atoms with Gasteiger partial charge < -0.3 is 5.32 Å². The summed E-state index contributed by atoms with van der Waals surface area (Å²) >= 11 is 6.65. The van der Waals surface area contributed by atoms with Crippen LogP contribution in [0.1, 0.15) is 11.1 Å². The van der Waals surface area contributed by atoms with E-state index in [-0.39, 0.29) is 28.1 Å². The van der Waals surface area contributed by atoms with E-state index in [2.05, 4.69) is 20.8 Å². The van der Waals surface area contributed by atoms with Gasteiger partial charge in [-0.2, -0.15) is 13.2 Å². The summed E-state index contributed by atoms with van der Waals surface area (Å²) in [4.78, 5) is 23.7. The molecule has 29 heavy (non-hydrogen) atoms. The lowest BCUT2D eigenvalue weighted by atomic mass is 10.2. The Morgan fingerprint density at radius 3 is 2.59 bits per heavy atom. The summed E-state index contributed by atoms with van der Waals surface area (Å²) in [6, 6.07) is 9.16. The number of urea groups is 1. The van der Waals surface area contributed by atoms with Crippen molar-refractivity contribution < 1.29 is 22.8 Å². The van der Waals surface area contributed by atoms with Crippen LogP contribution in [-0.4, -0.2) is 32.3 Å². The molecule has 1 aromatic carbocycles. The number of nitrogens with zero attached hydrogens (tertiary/aromatic N) is 3. The fourth-order valence-corrected chi connectivity index (χ4v) is 3.26. The molecular formula is C17H13ClF3N5O2S. The van der Waals surface area contributed by atoms with Crippen LogP contribution in [0, 0.1) is 0 Å². The summed E-state index contributed by atoms with van der Waals surface area (Å²) in [5, 5.41) is 12.0. The first-order valence-corrected chi connectivity index (χ1v) is 9.46. The topological polar surface area (TPSA) is 88.4 Å². The van der Waals surface area contributed by atoms with Crippen molar-refractivity contribution in [1.29, 1.82) is 0 Å². The van der Waals surface area contributed by atoms with Gasteiger partial charge in [-0.3, -0.25) is 14.5 Å². The zero-order chi connectivity index (χ0) is 21.0. The quantitative estimate of drug-likeness (QED) is 0.589. The average Bonchev–Trinajstić information content (AvgIpc) is 3.08. The van der Waals surface area contributed by atoms with Crippen LogP contribution < -0.4 is 10.6 Å². The number of benzene rings is 1. The number of hydrogen-bond donors (Lipinski definition) is 2. The molecule has 3 aromatic rings. The molecule has 0 radical (unpaired) electrons. The maximum absolute atomic E-state index is 13.0. The van der Waals surface area contributed by atoms with E-state index in [9.17, 15) is 22.8 Å². The van der Waals surface area contributed by atoms with Crippen molar-refractivity contribution in [1.82, 2.24) is 25.2 Å². The molecule has 2 aromatic heterocycles. The Morgan fingerprint density at radius 1 is 1.17 bits per heavy atom. The van der Waals surface area contributed by atoms with Crippen molar-refractivity contribution >= 4 is 40.9 Å². The number of halogens is 4. The zero-order valence-electron chi connectivity index (χ0n) is 14.5. The SMILES string of the molecule is O=C(CSc1nnc2c(Cl)cc(C(F)(F)F)cn12)NC(=O)NCc1ccccc1. The van der Waals surface area contributed by atoms with Crippen molar-refractivity contribution in [3.63, 3.8) is 0 Å². The third-order valence-electron chi connectivity index (χ3n) is 3.64. The molecular weight excluding hydrogens is 431 g/mol. The van der Waals surface area contributed by atoms with Crippen LogP contribution in [-0.2, 0) is 17.5 Å². The molecule has 0 aliphatic rings. The van der Waals surface area contributed by atoms with Gasteiger partial charge in [0, 0.05) is 12.7 Å². The number of pyridine rings is 1. The van der Waals surface area contributed by atoms with E-state index in [0.29, 0.717) is 0 Å². The first kappa shape index (κ1) is 20.9. The van der Waals surface area contributed by atoms with E-state index >= 15 is 0 Å². The Kier molecular flexibility index (Phi) is 6.28. The average molecular weight is 444 g/mol. The minimum atomic E-state index is -4.60. The highest BCUT2D eigenvalue weighted by Gasteiger charge is 2.32. The summed E-state index contributed by atoms with van der Waals surface area (Å²) in [6.45, 7) is 0.237. The molecule has 0 aliphatic carbocycles. The number of thioether (sulfide) groups is 1. The van der Waals surface area contributed by atoms with Gasteiger partial charge in [-0.25, -0.2) is 4.79 Å². The minimum absolute atomic E-state index is 0.0307. The zero-order valence-corrected chi connectivity index (χ0v) is 16.1. The van der Waals surface area contributed by atoms with Crippen LogP contribution >= 0.6 is 23.4 Å². The maximum Gasteiger partial charge on any atom is 0.417 e. The molecule has 0 saturated carbocycles. The summed E-state index contributed by atoms with van der Waals surface area (Å²) in [7, 11) is 0. The first-order valence-electron chi connectivity index (χ1n) is 8.10. The Morgan fingerprint density at radius 2 is 1.90 bits per heavy atom. The number of rotatable bonds is 5. The molecule has 3 amide bonds.